The maximum absolute atomic E-state index is 13.4. The van der Waals surface area contributed by atoms with Gasteiger partial charge >= 0.3 is 0 Å². The molecule has 0 radical (unpaired) electrons. The second-order valence-electron chi connectivity index (χ2n) is 8.00. The summed E-state index contributed by atoms with van der Waals surface area (Å²) in [4.78, 5) is 15.5. The number of hydrogen-bond donors (Lipinski definition) is 0. The van der Waals surface area contributed by atoms with Crippen molar-refractivity contribution < 1.29 is 17.9 Å². The summed E-state index contributed by atoms with van der Waals surface area (Å²) in [5.74, 6) is 0.341. The molecule has 2 heterocycles. The number of ether oxygens (including phenoxy) is 1. The number of amides is 1. The summed E-state index contributed by atoms with van der Waals surface area (Å²) in [5.41, 5.74) is 2.13. The molecule has 2 aliphatic rings. The highest BCUT2D eigenvalue weighted by Gasteiger charge is 2.39. The molecule has 0 aromatic heterocycles. The molecule has 0 bridgehead atoms. The van der Waals surface area contributed by atoms with Crippen LogP contribution in [0.4, 0.5) is 5.69 Å². The van der Waals surface area contributed by atoms with Crippen LogP contribution in [0.3, 0.4) is 0 Å². The molecule has 1 saturated heterocycles. The Bertz CT molecular complexity index is 1020. The van der Waals surface area contributed by atoms with Crippen LogP contribution in [0.5, 0.6) is 5.75 Å². The van der Waals surface area contributed by atoms with Gasteiger partial charge in [0.15, 0.2) is 0 Å². The smallest absolute Gasteiger partial charge is 0.243 e. The first-order valence-corrected chi connectivity index (χ1v) is 12.0. The number of carbonyl (C=O) groups is 1. The number of fused-ring (bicyclic) bond motifs is 1. The molecule has 0 saturated carbocycles. The third-order valence-corrected chi connectivity index (χ3v) is 7.83. The second-order valence-corrected chi connectivity index (χ2v) is 9.93. The molecule has 0 spiro atoms. The van der Waals surface area contributed by atoms with Gasteiger partial charge in [0.2, 0.25) is 15.9 Å². The molecule has 2 aromatic carbocycles. The highest BCUT2D eigenvalue weighted by molar-refractivity contribution is 7.89. The van der Waals surface area contributed by atoms with Gasteiger partial charge in [-0.2, -0.15) is 4.31 Å². The Kier molecular flexibility index (Phi) is 5.84. The van der Waals surface area contributed by atoms with Gasteiger partial charge in [-0.3, -0.25) is 4.79 Å². The molecule has 1 amide bonds. The first kappa shape index (κ1) is 20.9. The summed E-state index contributed by atoms with van der Waals surface area (Å²) < 4.78 is 33.2. The first-order chi connectivity index (χ1) is 14.4. The zero-order valence-corrected chi connectivity index (χ0v) is 18.3. The molecule has 2 aromatic rings. The predicted octanol–water partition coefficient (Wildman–Crippen LogP) is 3.46. The SMILES string of the molecule is CCOc1ccc(S(=O)(=O)N2CCC[C@H](C(=O)N3c4ccccc4C[C@@H]3C)C2)cc1. The van der Waals surface area contributed by atoms with Gasteiger partial charge in [0.1, 0.15) is 5.75 Å². The van der Waals surface area contributed by atoms with Crippen molar-refractivity contribution in [3.8, 4) is 5.75 Å². The summed E-state index contributed by atoms with van der Waals surface area (Å²) in [6.07, 6.45) is 2.22. The van der Waals surface area contributed by atoms with E-state index in [4.69, 9.17) is 4.74 Å². The lowest BCUT2D eigenvalue weighted by Gasteiger charge is -2.34. The monoisotopic (exact) mass is 428 g/mol. The summed E-state index contributed by atoms with van der Waals surface area (Å²) >= 11 is 0. The molecule has 4 rings (SSSR count). The van der Waals surface area contributed by atoms with Gasteiger partial charge in [0.05, 0.1) is 17.4 Å². The predicted molar refractivity (Wildman–Crippen MR) is 116 cm³/mol. The fourth-order valence-corrected chi connectivity index (χ4v) is 6.01. The highest BCUT2D eigenvalue weighted by Crippen LogP contribution is 2.35. The average molecular weight is 429 g/mol. The highest BCUT2D eigenvalue weighted by atomic mass is 32.2. The van der Waals surface area contributed by atoms with Crippen LogP contribution in [0, 0.1) is 5.92 Å². The van der Waals surface area contributed by atoms with Gasteiger partial charge in [0, 0.05) is 24.8 Å². The number of anilines is 1. The standard InChI is InChI=1S/C23H28N2O4S/c1-3-29-20-10-12-21(13-11-20)30(27,28)24-14-6-8-19(16-24)23(26)25-17(2)15-18-7-4-5-9-22(18)25/h4-5,7,9-13,17,19H,3,6,8,14-16H2,1-2H3/t17-,19-/m0/s1. The van der Waals surface area contributed by atoms with Crippen LogP contribution in [-0.4, -0.2) is 44.4 Å². The number of piperidine rings is 1. The number of para-hydroxylation sites is 1. The zero-order valence-electron chi connectivity index (χ0n) is 17.5. The van der Waals surface area contributed by atoms with Crippen molar-refractivity contribution in [1.82, 2.24) is 4.31 Å². The van der Waals surface area contributed by atoms with Crippen LogP contribution in [0.25, 0.3) is 0 Å². The molecule has 0 N–H and O–H groups in total. The minimum atomic E-state index is -3.65. The van der Waals surface area contributed by atoms with Crippen LogP contribution in [0.1, 0.15) is 32.3 Å². The van der Waals surface area contributed by atoms with E-state index in [1.54, 1.807) is 24.3 Å². The van der Waals surface area contributed by atoms with Crippen LogP contribution < -0.4 is 9.64 Å². The third-order valence-electron chi connectivity index (χ3n) is 5.95. The Labute approximate surface area is 178 Å². The molecule has 7 heteroatoms. The molecule has 160 valence electrons. The average Bonchev–Trinajstić information content (AvgIpc) is 3.09. The summed E-state index contributed by atoms with van der Waals surface area (Å²) in [7, 11) is -3.65. The maximum atomic E-state index is 13.4. The van der Waals surface area contributed by atoms with Crippen molar-refractivity contribution in [2.45, 2.75) is 44.0 Å². The molecule has 6 nitrogen and oxygen atoms in total. The lowest BCUT2D eigenvalue weighted by molar-refractivity contribution is -0.123. The van der Waals surface area contributed by atoms with Crippen molar-refractivity contribution in [2.75, 3.05) is 24.6 Å². The Hall–Kier alpha value is -2.38. The largest absolute Gasteiger partial charge is 0.494 e. The van der Waals surface area contributed by atoms with Gasteiger partial charge in [-0.1, -0.05) is 18.2 Å². The van der Waals surface area contributed by atoms with Crippen molar-refractivity contribution in [3.63, 3.8) is 0 Å². The molecule has 2 atom stereocenters. The van der Waals surface area contributed by atoms with E-state index in [2.05, 4.69) is 13.0 Å². The first-order valence-electron chi connectivity index (χ1n) is 10.6. The number of rotatable bonds is 5. The van der Waals surface area contributed by atoms with Crippen LogP contribution in [-0.2, 0) is 21.2 Å². The van der Waals surface area contributed by atoms with Gasteiger partial charge < -0.3 is 9.64 Å². The molecule has 2 aliphatic heterocycles. The van der Waals surface area contributed by atoms with E-state index in [1.807, 2.05) is 30.0 Å². The fourth-order valence-electron chi connectivity index (χ4n) is 4.48. The summed E-state index contributed by atoms with van der Waals surface area (Å²) in [6.45, 7) is 5.12. The topological polar surface area (TPSA) is 66.9 Å². The van der Waals surface area contributed by atoms with E-state index in [9.17, 15) is 13.2 Å². The number of benzene rings is 2. The normalized spacial score (nSPS) is 22.0. The van der Waals surface area contributed by atoms with Gasteiger partial charge in [-0.15, -0.1) is 0 Å². The van der Waals surface area contributed by atoms with E-state index in [1.165, 1.54) is 9.87 Å². The molecule has 30 heavy (non-hydrogen) atoms. The summed E-state index contributed by atoms with van der Waals surface area (Å²) in [6, 6.07) is 14.6. The summed E-state index contributed by atoms with van der Waals surface area (Å²) in [5, 5.41) is 0. The van der Waals surface area contributed by atoms with Crippen LogP contribution in [0.2, 0.25) is 0 Å². The van der Waals surface area contributed by atoms with Gasteiger partial charge in [0.25, 0.3) is 0 Å². The Morgan fingerprint density at radius 2 is 1.87 bits per heavy atom. The van der Waals surface area contributed by atoms with E-state index in [0.29, 0.717) is 31.7 Å². The lowest BCUT2D eigenvalue weighted by Crippen LogP contribution is -2.48. The quantitative estimate of drug-likeness (QED) is 0.731. The third kappa shape index (κ3) is 3.84. The van der Waals surface area contributed by atoms with E-state index in [-0.39, 0.29) is 29.3 Å². The van der Waals surface area contributed by atoms with Crippen molar-refractivity contribution in [2.24, 2.45) is 5.92 Å². The molecule has 0 aliphatic carbocycles. The van der Waals surface area contributed by atoms with Crippen molar-refractivity contribution in [3.05, 3.63) is 54.1 Å². The molecular weight excluding hydrogens is 400 g/mol. The fraction of sp³-hybridized carbons (Fsp3) is 0.435. The Morgan fingerprint density at radius 1 is 1.13 bits per heavy atom. The van der Waals surface area contributed by atoms with Crippen LogP contribution in [0.15, 0.2) is 53.4 Å². The minimum absolute atomic E-state index is 0.0269. The molecule has 0 unspecified atom stereocenters. The van der Waals surface area contributed by atoms with Crippen LogP contribution >= 0.6 is 0 Å². The lowest BCUT2D eigenvalue weighted by atomic mass is 9.97. The zero-order chi connectivity index (χ0) is 21.3. The Balaban J connectivity index is 1.52. The van der Waals surface area contributed by atoms with E-state index >= 15 is 0 Å². The molecule has 1 fully saturated rings. The number of sulfonamides is 1. The van der Waals surface area contributed by atoms with Gasteiger partial charge in [-0.05, 0) is 69.0 Å². The maximum Gasteiger partial charge on any atom is 0.243 e. The number of hydrogen-bond acceptors (Lipinski definition) is 4. The number of nitrogens with zero attached hydrogens (tertiary/aromatic N) is 2. The molecular formula is C23H28N2O4S. The minimum Gasteiger partial charge on any atom is -0.494 e. The Morgan fingerprint density at radius 3 is 2.60 bits per heavy atom. The van der Waals surface area contributed by atoms with E-state index < -0.39 is 10.0 Å². The number of carbonyl (C=O) groups excluding carboxylic acids is 1. The second kappa shape index (κ2) is 8.40. The van der Waals surface area contributed by atoms with Crippen molar-refractivity contribution >= 4 is 21.6 Å². The van der Waals surface area contributed by atoms with E-state index in [0.717, 1.165) is 12.1 Å². The van der Waals surface area contributed by atoms with Crippen molar-refractivity contribution in [1.29, 1.82) is 0 Å². The van der Waals surface area contributed by atoms with Gasteiger partial charge in [-0.25, -0.2) is 8.42 Å².